The molecule has 0 spiro atoms. The SMILES string of the molecule is CC(CCCc1nc2cc(C(=O)NC3CCOc4ccccc43)ccc2nc1C1C=CC(F)=CC1)C(=O)O. The molecule has 8 heteroatoms. The van der Waals surface area contributed by atoms with Gasteiger partial charge in [-0.05, 0) is 62.1 Å². The van der Waals surface area contributed by atoms with Gasteiger partial charge in [-0.1, -0.05) is 31.2 Å². The highest BCUT2D eigenvalue weighted by Gasteiger charge is 2.24. The number of carbonyl (C=O) groups excluding carboxylic acids is 1. The summed E-state index contributed by atoms with van der Waals surface area (Å²) in [6, 6.07) is 12.8. The molecular weight excluding hydrogens is 485 g/mol. The van der Waals surface area contributed by atoms with Crippen molar-refractivity contribution in [3.05, 3.63) is 89.0 Å². The third kappa shape index (κ3) is 5.59. The van der Waals surface area contributed by atoms with Crippen LogP contribution < -0.4 is 10.1 Å². The van der Waals surface area contributed by atoms with Crippen molar-refractivity contribution in [2.45, 2.75) is 51.0 Å². The molecule has 38 heavy (non-hydrogen) atoms. The molecule has 1 aliphatic carbocycles. The number of hydrogen-bond acceptors (Lipinski definition) is 5. The number of carboxylic acids is 1. The van der Waals surface area contributed by atoms with E-state index in [4.69, 9.17) is 14.7 Å². The molecule has 2 aromatic carbocycles. The number of rotatable bonds is 8. The maximum atomic E-state index is 13.6. The Bertz CT molecular complexity index is 1430. The van der Waals surface area contributed by atoms with Crippen molar-refractivity contribution in [2.24, 2.45) is 5.92 Å². The van der Waals surface area contributed by atoms with Crippen molar-refractivity contribution in [2.75, 3.05) is 6.61 Å². The molecule has 0 radical (unpaired) electrons. The predicted octanol–water partition coefficient (Wildman–Crippen LogP) is 5.82. The van der Waals surface area contributed by atoms with Crippen LogP contribution in [0.4, 0.5) is 4.39 Å². The van der Waals surface area contributed by atoms with E-state index in [-0.39, 0.29) is 23.7 Å². The van der Waals surface area contributed by atoms with Crippen LogP contribution in [0.5, 0.6) is 5.75 Å². The van der Waals surface area contributed by atoms with E-state index in [1.165, 1.54) is 12.2 Å². The molecule has 0 saturated heterocycles. The number of aryl methyl sites for hydroxylation is 1. The highest BCUT2D eigenvalue weighted by Crippen LogP contribution is 2.33. The summed E-state index contributed by atoms with van der Waals surface area (Å²) in [6.45, 7) is 2.22. The van der Waals surface area contributed by atoms with Gasteiger partial charge in [-0.3, -0.25) is 9.59 Å². The number of halogens is 1. The predicted molar refractivity (Wildman–Crippen MR) is 142 cm³/mol. The Morgan fingerprint density at radius 3 is 2.82 bits per heavy atom. The van der Waals surface area contributed by atoms with Crippen LogP contribution in [-0.2, 0) is 11.2 Å². The zero-order chi connectivity index (χ0) is 26.6. The average molecular weight is 516 g/mol. The number of amides is 1. The molecule has 1 aromatic heterocycles. The van der Waals surface area contributed by atoms with E-state index in [1.807, 2.05) is 24.3 Å². The van der Waals surface area contributed by atoms with Crippen molar-refractivity contribution in [3.63, 3.8) is 0 Å². The fourth-order valence-electron chi connectivity index (χ4n) is 4.96. The number of ether oxygens (including phenoxy) is 1. The summed E-state index contributed by atoms with van der Waals surface area (Å²) in [5, 5.41) is 12.4. The first-order valence-electron chi connectivity index (χ1n) is 13.0. The number of nitrogens with one attached hydrogen (secondary N) is 1. The molecule has 3 atom stereocenters. The smallest absolute Gasteiger partial charge is 0.306 e. The Labute approximate surface area is 220 Å². The number of carbonyl (C=O) groups is 2. The number of para-hydroxylation sites is 1. The number of benzene rings is 2. The monoisotopic (exact) mass is 515 g/mol. The second-order valence-electron chi connectivity index (χ2n) is 9.88. The van der Waals surface area contributed by atoms with E-state index in [2.05, 4.69) is 5.32 Å². The summed E-state index contributed by atoms with van der Waals surface area (Å²) in [6.07, 6.45) is 7.62. The lowest BCUT2D eigenvalue weighted by Crippen LogP contribution is -2.32. The molecule has 0 bridgehead atoms. The van der Waals surface area contributed by atoms with Gasteiger partial charge in [0.25, 0.3) is 5.91 Å². The largest absolute Gasteiger partial charge is 0.493 e. The lowest BCUT2D eigenvalue weighted by atomic mass is 9.92. The van der Waals surface area contributed by atoms with Crippen LogP contribution in [-0.4, -0.2) is 33.6 Å². The number of hydrogen-bond donors (Lipinski definition) is 2. The molecule has 196 valence electrons. The van der Waals surface area contributed by atoms with Crippen molar-refractivity contribution in [3.8, 4) is 5.75 Å². The maximum Gasteiger partial charge on any atom is 0.306 e. The third-order valence-electron chi connectivity index (χ3n) is 7.17. The van der Waals surface area contributed by atoms with E-state index >= 15 is 0 Å². The quantitative estimate of drug-likeness (QED) is 0.392. The number of nitrogens with zero attached hydrogens (tertiary/aromatic N) is 2. The molecule has 0 fully saturated rings. The van der Waals surface area contributed by atoms with Gasteiger partial charge >= 0.3 is 5.97 Å². The van der Waals surface area contributed by atoms with E-state index in [0.717, 1.165) is 22.7 Å². The fraction of sp³-hybridized carbons (Fsp3) is 0.333. The number of aromatic nitrogens is 2. The molecule has 3 unspecified atom stereocenters. The van der Waals surface area contributed by atoms with E-state index in [1.54, 1.807) is 31.2 Å². The number of allylic oxidation sites excluding steroid dienone is 4. The van der Waals surface area contributed by atoms with Gasteiger partial charge in [0, 0.05) is 23.5 Å². The first kappa shape index (κ1) is 25.6. The van der Waals surface area contributed by atoms with Crippen LogP contribution in [0.2, 0.25) is 0 Å². The standard InChI is InChI=1S/C30H30FN3O4/c1-18(30(36)37)5-4-7-25-28(19-9-12-21(31)13-10-19)33-24-14-11-20(17-26(24)32-25)29(35)34-23-15-16-38-27-8-3-2-6-22(23)27/h2-3,6,8-9,11-14,17-19,23H,4-5,7,10,15-16H2,1H3,(H,34,35)(H,36,37). The number of fused-ring (bicyclic) bond motifs is 2. The average Bonchev–Trinajstić information content (AvgIpc) is 2.93. The van der Waals surface area contributed by atoms with Crippen molar-refractivity contribution in [1.82, 2.24) is 15.3 Å². The van der Waals surface area contributed by atoms with Crippen molar-refractivity contribution in [1.29, 1.82) is 0 Å². The summed E-state index contributed by atoms with van der Waals surface area (Å²) in [4.78, 5) is 34.2. The van der Waals surface area contributed by atoms with Crippen LogP contribution in [0, 0.1) is 5.92 Å². The van der Waals surface area contributed by atoms with Gasteiger partial charge in [0.15, 0.2) is 0 Å². The van der Waals surface area contributed by atoms with E-state index in [0.29, 0.717) is 55.3 Å². The lowest BCUT2D eigenvalue weighted by molar-refractivity contribution is -0.141. The van der Waals surface area contributed by atoms with Gasteiger partial charge in [-0.2, -0.15) is 0 Å². The normalized spacial score (nSPS) is 19.3. The molecule has 2 N–H and O–H groups in total. The van der Waals surface area contributed by atoms with Crippen LogP contribution in [0.1, 0.15) is 71.9 Å². The Kier molecular flexibility index (Phi) is 7.49. The van der Waals surface area contributed by atoms with E-state index in [9.17, 15) is 19.1 Å². The topological polar surface area (TPSA) is 101 Å². The van der Waals surface area contributed by atoms with Crippen molar-refractivity contribution < 1.29 is 23.8 Å². The second-order valence-corrected chi connectivity index (χ2v) is 9.88. The molecule has 2 aliphatic rings. The summed E-state index contributed by atoms with van der Waals surface area (Å²) in [5.74, 6) is -1.08. The van der Waals surface area contributed by atoms with Crippen LogP contribution in [0.15, 0.2) is 66.5 Å². The van der Waals surface area contributed by atoms with Gasteiger partial charge in [0.1, 0.15) is 11.6 Å². The summed E-state index contributed by atoms with van der Waals surface area (Å²) in [5.41, 5.74) is 4.20. The molecule has 0 saturated carbocycles. The molecule has 3 aromatic rings. The van der Waals surface area contributed by atoms with Gasteiger partial charge in [-0.25, -0.2) is 14.4 Å². The van der Waals surface area contributed by atoms with Gasteiger partial charge in [0.05, 0.1) is 41.0 Å². The minimum Gasteiger partial charge on any atom is -0.493 e. The Hall–Kier alpha value is -4.07. The van der Waals surface area contributed by atoms with E-state index < -0.39 is 11.9 Å². The maximum absolute atomic E-state index is 13.6. The summed E-state index contributed by atoms with van der Waals surface area (Å²) >= 11 is 0. The molecule has 2 heterocycles. The second kappa shape index (κ2) is 11.1. The summed E-state index contributed by atoms with van der Waals surface area (Å²) < 4.78 is 19.3. The Morgan fingerprint density at radius 1 is 1.18 bits per heavy atom. The zero-order valence-corrected chi connectivity index (χ0v) is 21.2. The zero-order valence-electron chi connectivity index (χ0n) is 21.2. The molecule has 1 amide bonds. The van der Waals surface area contributed by atoms with Crippen LogP contribution >= 0.6 is 0 Å². The number of aliphatic carboxylic acids is 1. The van der Waals surface area contributed by atoms with Crippen molar-refractivity contribution >= 4 is 22.9 Å². The first-order chi connectivity index (χ1) is 18.4. The highest BCUT2D eigenvalue weighted by molar-refractivity contribution is 5.97. The minimum absolute atomic E-state index is 0.116. The van der Waals surface area contributed by atoms with Gasteiger partial charge in [0.2, 0.25) is 0 Å². The molecule has 7 nitrogen and oxygen atoms in total. The molecular formula is C30H30FN3O4. The lowest BCUT2D eigenvalue weighted by Gasteiger charge is -2.26. The Balaban J connectivity index is 1.41. The highest BCUT2D eigenvalue weighted by atomic mass is 19.1. The molecule has 1 aliphatic heterocycles. The Morgan fingerprint density at radius 2 is 2.03 bits per heavy atom. The van der Waals surface area contributed by atoms with Crippen LogP contribution in [0.25, 0.3) is 11.0 Å². The first-order valence-corrected chi connectivity index (χ1v) is 13.0. The third-order valence-corrected chi connectivity index (χ3v) is 7.17. The van der Waals surface area contributed by atoms with Crippen LogP contribution in [0.3, 0.4) is 0 Å². The number of carboxylic acid groups (broad SMARTS) is 1. The summed E-state index contributed by atoms with van der Waals surface area (Å²) in [7, 11) is 0. The van der Waals surface area contributed by atoms with Gasteiger partial charge in [-0.15, -0.1) is 0 Å². The fourth-order valence-corrected chi connectivity index (χ4v) is 4.96. The molecule has 5 rings (SSSR count). The van der Waals surface area contributed by atoms with Gasteiger partial charge < -0.3 is 15.2 Å². The minimum atomic E-state index is -0.826.